The van der Waals surface area contributed by atoms with Gasteiger partial charge in [-0.05, 0) is 50.1 Å². The highest BCUT2D eigenvalue weighted by atomic mass is 19.1. The van der Waals surface area contributed by atoms with E-state index in [0.717, 1.165) is 25.1 Å². The Balaban J connectivity index is 1.40. The van der Waals surface area contributed by atoms with Crippen molar-refractivity contribution in [1.82, 2.24) is 10.2 Å². The van der Waals surface area contributed by atoms with Gasteiger partial charge in [0.15, 0.2) is 11.6 Å². The number of amides is 1. The maximum atomic E-state index is 13.9. The van der Waals surface area contributed by atoms with E-state index >= 15 is 0 Å². The quantitative estimate of drug-likeness (QED) is 0.587. The van der Waals surface area contributed by atoms with Gasteiger partial charge in [0.25, 0.3) is 0 Å². The van der Waals surface area contributed by atoms with Gasteiger partial charge in [-0.3, -0.25) is 9.69 Å². The van der Waals surface area contributed by atoms with Gasteiger partial charge in [-0.2, -0.15) is 0 Å². The molecule has 1 aliphatic rings. The summed E-state index contributed by atoms with van der Waals surface area (Å²) < 4.78 is 31.0. The number of halogens is 1. The van der Waals surface area contributed by atoms with Crippen molar-refractivity contribution in [2.75, 3.05) is 46.5 Å². The molecule has 7 heteroatoms. The largest absolute Gasteiger partial charge is 0.492 e. The summed E-state index contributed by atoms with van der Waals surface area (Å²) in [4.78, 5) is 14.4. The number of methoxy groups -OCH3 is 1. The smallest absolute Gasteiger partial charge is 0.234 e. The van der Waals surface area contributed by atoms with Crippen LogP contribution in [0, 0.1) is 5.82 Å². The molecular weight excluding hydrogens is 399 g/mol. The first kappa shape index (κ1) is 23.0. The van der Waals surface area contributed by atoms with Gasteiger partial charge in [0.1, 0.15) is 24.6 Å². The van der Waals surface area contributed by atoms with Crippen LogP contribution in [0.1, 0.15) is 19.3 Å². The van der Waals surface area contributed by atoms with E-state index in [0.29, 0.717) is 32.7 Å². The SMILES string of the molecule is CO[C@@]1(COc2ccccc2F)CCCN(CC(=O)NCCOc2ccccc2)CC1. The Morgan fingerprint density at radius 3 is 2.61 bits per heavy atom. The molecule has 0 radical (unpaired) electrons. The lowest BCUT2D eigenvalue weighted by Gasteiger charge is -2.31. The van der Waals surface area contributed by atoms with Crippen LogP contribution in [0.15, 0.2) is 54.6 Å². The first-order valence-electron chi connectivity index (χ1n) is 10.7. The normalized spacial score (nSPS) is 19.4. The molecule has 0 saturated carbocycles. The minimum Gasteiger partial charge on any atom is -0.492 e. The molecule has 1 aliphatic heterocycles. The molecule has 1 amide bonds. The van der Waals surface area contributed by atoms with E-state index < -0.39 is 5.60 Å². The maximum absolute atomic E-state index is 13.9. The van der Waals surface area contributed by atoms with Gasteiger partial charge in [0.05, 0.1) is 13.1 Å². The second-order valence-corrected chi connectivity index (χ2v) is 7.75. The van der Waals surface area contributed by atoms with Crippen LogP contribution in [0.2, 0.25) is 0 Å². The lowest BCUT2D eigenvalue weighted by Crippen LogP contribution is -2.41. The first-order chi connectivity index (χ1) is 15.1. The van der Waals surface area contributed by atoms with Crippen LogP contribution < -0.4 is 14.8 Å². The zero-order chi connectivity index (χ0) is 21.9. The lowest BCUT2D eigenvalue weighted by molar-refractivity contribution is -0.122. The van der Waals surface area contributed by atoms with E-state index in [1.807, 2.05) is 30.3 Å². The summed E-state index contributed by atoms with van der Waals surface area (Å²) in [5.74, 6) is 0.621. The van der Waals surface area contributed by atoms with Crippen molar-refractivity contribution in [3.05, 3.63) is 60.4 Å². The highest BCUT2D eigenvalue weighted by Crippen LogP contribution is 2.28. The fraction of sp³-hybridized carbons (Fsp3) is 0.458. The van der Waals surface area contributed by atoms with Gasteiger partial charge < -0.3 is 19.5 Å². The molecule has 2 aromatic carbocycles. The van der Waals surface area contributed by atoms with E-state index in [9.17, 15) is 9.18 Å². The molecule has 1 atom stereocenters. The molecule has 2 aromatic rings. The molecule has 6 nitrogen and oxygen atoms in total. The molecule has 0 spiro atoms. The summed E-state index contributed by atoms with van der Waals surface area (Å²) in [5.41, 5.74) is -0.489. The fourth-order valence-corrected chi connectivity index (χ4v) is 3.70. The third-order valence-electron chi connectivity index (χ3n) is 5.55. The topological polar surface area (TPSA) is 60.0 Å². The molecule has 1 N–H and O–H groups in total. The van der Waals surface area contributed by atoms with Gasteiger partial charge in [-0.1, -0.05) is 30.3 Å². The number of para-hydroxylation sites is 2. The molecule has 168 valence electrons. The second kappa shape index (κ2) is 11.7. The van der Waals surface area contributed by atoms with Crippen LogP contribution in [0.3, 0.4) is 0 Å². The molecular formula is C24H31FN2O4. The van der Waals surface area contributed by atoms with Crippen molar-refractivity contribution in [2.45, 2.75) is 24.9 Å². The predicted octanol–water partition coefficient (Wildman–Crippen LogP) is 3.27. The van der Waals surface area contributed by atoms with E-state index in [2.05, 4.69) is 10.2 Å². The number of carbonyl (C=O) groups is 1. The molecule has 1 fully saturated rings. The predicted molar refractivity (Wildman–Crippen MR) is 117 cm³/mol. The van der Waals surface area contributed by atoms with Crippen molar-refractivity contribution in [2.24, 2.45) is 0 Å². The number of hydrogen-bond donors (Lipinski definition) is 1. The molecule has 1 heterocycles. The average Bonchev–Trinajstić information content (AvgIpc) is 3.00. The Morgan fingerprint density at radius 1 is 1.06 bits per heavy atom. The number of likely N-dealkylation sites (tertiary alicyclic amines) is 1. The zero-order valence-corrected chi connectivity index (χ0v) is 18.0. The molecule has 0 bridgehead atoms. The Hall–Kier alpha value is -2.64. The number of carbonyl (C=O) groups excluding carboxylic acids is 1. The van der Waals surface area contributed by atoms with Gasteiger partial charge in [-0.25, -0.2) is 4.39 Å². The summed E-state index contributed by atoms with van der Waals surface area (Å²) >= 11 is 0. The van der Waals surface area contributed by atoms with Crippen LogP contribution in [-0.4, -0.2) is 62.9 Å². The molecule has 0 unspecified atom stereocenters. The van der Waals surface area contributed by atoms with Crippen LogP contribution >= 0.6 is 0 Å². The number of benzene rings is 2. The second-order valence-electron chi connectivity index (χ2n) is 7.75. The van der Waals surface area contributed by atoms with Crippen molar-refractivity contribution < 1.29 is 23.4 Å². The van der Waals surface area contributed by atoms with E-state index in [-0.39, 0.29) is 24.1 Å². The third-order valence-corrected chi connectivity index (χ3v) is 5.55. The van der Waals surface area contributed by atoms with Crippen LogP contribution in [0.25, 0.3) is 0 Å². The molecule has 0 aromatic heterocycles. The molecule has 0 aliphatic carbocycles. The number of nitrogens with one attached hydrogen (secondary N) is 1. The van der Waals surface area contributed by atoms with Crippen molar-refractivity contribution in [3.8, 4) is 11.5 Å². The highest BCUT2D eigenvalue weighted by molar-refractivity contribution is 5.78. The van der Waals surface area contributed by atoms with E-state index in [1.54, 1.807) is 25.3 Å². The number of hydrogen-bond acceptors (Lipinski definition) is 5. The summed E-state index contributed by atoms with van der Waals surface area (Å²) in [6.07, 6.45) is 2.38. The number of rotatable bonds is 10. The molecule has 1 saturated heterocycles. The minimum atomic E-state index is -0.489. The van der Waals surface area contributed by atoms with Gasteiger partial charge in [0.2, 0.25) is 5.91 Å². The Bertz CT molecular complexity index is 820. The van der Waals surface area contributed by atoms with Crippen LogP contribution in [0.5, 0.6) is 11.5 Å². The monoisotopic (exact) mass is 430 g/mol. The van der Waals surface area contributed by atoms with Crippen molar-refractivity contribution in [1.29, 1.82) is 0 Å². The van der Waals surface area contributed by atoms with Gasteiger partial charge in [-0.15, -0.1) is 0 Å². The van der Waals surface area contributed by atoms with Crippen LogP contribution in [-0.2, 0) is 9.53 Å². The summed E-state index contributed by atoms with van der Waals surface area (Å²) in [5, 5.41) is 2.90. The number of nitrogens with zero attached hydrogens (tertiary/aromatic N) is 1. The molecule has 31 heavy (non-hydrogen) atoms. The van der Waals surface area contributed by atoms with E-state index in [1.165, 1.54) is 6.07 Å². The molecule has 3 rings (SSSR count). The summed E-state index contributed by atoms with van der Waals surface area (Å²) in [6, 6.07) is 15.9. The lowest BCUT2D eigenvalue weighted by atomic mass is 9.95. The fourth-order valence-electron chi connectivity index (χ4n) is 3.70. The zero-order valence-electron chi connectivity index (χ0n) is 18.0. The summed E-state index contributed by atoms with van der Waals surface area (Å²) in [6.45, 7) is 3.01. The highest BCUT2D eigenvalue weighted by Gasteiger charge is 2.34. The third kappa shape index (κ3) is 7.22. The summed E-state index contributed by atoms with van der Waals surface area (Å²) in [7, 11) is 1.67. The Kier molecular flexibility index (Phi) is 8.67. The minimum absolute atomic E-state index is 0.0239. The average molecular weight is 431 g/mol. The maximum Gasteiger partial charge on any atom is 0.234 e. The van der Waals surface area contributed by atoms with Crippen molar-refractivity contribution >= 4 is 5.91 Å². The van der Waals surface area contributed by atoms with E-state index in [4.69, 9.17) is 14.2 Å². The van der Waals surface area contributed by atoms with Crippen molar-refractivity contribution in [3.63, 3.8) is 0 Å². The Labute approximate surface area is 183 Å². The van der Waals surface area contributed by atoms with Crippen LogP contribution in [0.4, 0.5) is 4.39 Å². The first-order valence-corrected chi connectivity index (χ1v) is 10.7. The van der Waals surface area contributed by atoms with Gasteiger partial charge >= 0.3 is 0 Å². The number of ether oxygens (including phenoxy) is 3. The Morgan fingerprint density at radius 2 is 1.84 bits per heavy atom. The van der Waals surface area contributed by atoms with Gasteiger partial charge in [0, 0.05) is 13.7 Å². The standard InChI is InChI=1S/C24H31FN2O4/c1-29-24(19-31-22-11-6-5-10-21(22)25)12-7-15-27(16-13-24)18-23(28)26-14-17-30-20-8-3-2-4-9-20/h2-6,8-11H,7,12-19H2,1H3,(H,26,28)/t24-/m0/s1.